The molecule has 2 nitrogen and oxygen atoms in total. The zero-order chi connectivity index (χ0) is 4.41. The number of aryl methyl sites for hydroxylation is 1. The van der Waals surface area contributed by atoms with Crippen LogP contribution >= 0.6 is 0 Å². The van der Waals surface area contributed by atoms with E-state index in [1.807, 2.05) is 6.92 Å². The van der Waals surface area contributed by atoms with Gasteiger partial charge in [0, 0.05) is 12.4 Å². The Bertz CT molecular complexity index is 113. The Labute approximate surface area is 55.1 Å². The largest absolute Gasteiger partial charge is 2.00 e. The number of aromatic nitrogens is 2. The van der Waals surface area contributed by atoms with Crippen LogP contribution in [0.1, 0.15) is 5.82 Å². The SMILES string of the molecule is Cc1ncc[nH]1.[Zn+2]. The quantitative estimate of drug-likeness (QED) is 0.538. The molecule has 0 aliphatic heterocycles. The molecule has 3 heteroatoms. The summed E-state index contributed by atoms with van der Waals surface area (Å²) in [5.74, 6) is 0.968. The first-order valence-electron chi connectivity index (χ1n) is 1.85. The number of H-pyrrole nitrogens is 1. The number of aromatic amines is 1. The summed E-state index contributed by atoms with van der Waals surface area (Å²) >= 11 is 0. The van der Waals surface area contributed by atoms with Crippen molar-refractivity contribution < 1.29 is 19.5 Å². The van der Waals surface area contributed by atoms with Gasteiger partial charge in [-0.25, -0.2) is 4.98 Å². The van der Waals surface area contributed by atoms with E-state index in [2.05, 4.69) is 9.97 Å². The van der Waals surface area contributed by atoms with Gasteiger partial charge in [-0.3, -0.25) is 0 Å². The molecule has 32 valence electrons. The summed E-state index contributed by atoms with van der Waals surface area (Å²) in [5.41, 5.74) is 0. The van der Waals surface area contributed by atoms with Crippen LogP contribution in [0.5, 0.6) is 0 Å². The maximum absolute atomic E-state index is 3.86. The molecule has 0 aliphatic carbocycles. The normalized spacial score (nSPS) is 7.57. The Kier molecular flexibility index (Phi) is 2.85. The van der Waals surface area contributed by atoms with Crippen LogP contribution < -0.4 is 0 Å². The minimum Gasteiger partial charge on any atom is -0.349 e. The van der Waals surface area contributed by atoms with Gasteiger partial charge in [0.05, 0.1) is 0 Å². The predicted molar refractivity (Wildman–Crippen MR) is 23.3 cm³/mol. The molecule has 0 aliphatic rings. The molecule has 0 spiro atoms. The molecule has 1 aromatic heterocycles. The van der Waals surface area contributed by atoms with Gasteiger partial charge in [0.1, 0.15) is 5.82 Å². The Morgan fingerprint density at radius 1 is 1.71 bits per heavy atom. The summed E-state index contributed by atoms with van der Waals surface area (Å²) in [5, 5.41) is 0. The van der Waals surface area contributed by atoms with Crippen molar-refractivity contribution in [3.63, 3.8) is 0 Å². The van der Waals surface area contributed by atoms with E-state index in [1.165, 1.54) is 0 Å². The zero-order valence-corrected chi connectivity index (χ0v) is 7.28. The van der Waals surface area contributed by atoms with Crippen molar-refractivity contribution in [2.75, 3.05) is 0 Å². The number of hydrogen-bond donors (Lipinski definition) is 1. The fraction of sp³-hybridized carbons (Fsp3) is 0.250. The molecular formula is C4H6N2Zn+2. The van der Waals surface area contributed by atoms with E-state index >= 15 is 0 Å². The number of hydrogen-bond acceptors (Lipinski definition) is 1. The maximum atomic E-state index is 3.86. The minimum atomic E-state index is 0. The Morgan fingerprint density at radius 3 is 2.57 bits per heavy atom. The third kappa shape index (κ3) is 1.84. The van der Waals surface area contributed by atoms with Gasteiger partial charge < -0.3 is 4.98 Å². The van der Waals surface area contributed by atoms with Crippen LogP contribution in [0.2, 0.25) is 0 Å². The van der Waals surface area contributed by atoms with Crippen molar-refractivity contribution >= 4 is 0 Å². The van der Waals surface area contributed by atoms with E-state index < -0.39 is 0 Å². The molecule has 0 saturated carbocycles. The summed E-state index contributed by atoms with van der Waals surface area (Å²) in [7, 11) is 0. The molecule has 0 radical (unpaired) electrons. The summed E-state index contributed by atoms with van der Waals surface area (Å²) in [4.78, 5) is 6.75. The summed E-state index contributed by atoms with van der Waals surface area (Å²) < 4.78 is 0. The number of nitrogens with zero attached hydrogens (tertiary/aromatic N) is 1. The fourth-order valence-electron chi connectivity index (χ4n) is 0.344. The van der Waals surface area contributed by atoms with Crippen LogP contribution in [0.25, 0.3) is 0 Å². The van der Waals surface area contributed by atoms with Crippen molar-refractivity contribution in [1.82, 2.24) is 9.97 Å². The molecule has 1 N–H and O–H groups in total. The second-order valence-corrected chi connectivity index (χ2v) is 1.17. The second-order valence-electron chi connectivity index (χ2n) is 1.17. The van der Waals surface area contributed by atoms with Crippen LogP contribution in [0, 0.1) is 6.92 Å². The second kappa shape index (κ2) is 2.92. The van der Waals surface area contributed by atoms with E-state index in [1.54, 1.807) is 12.4 Å². The fourth-order valence-corrected chi connectivity index (χ4v) is 0.344. The van der Waals surface area contributed by atoms with Crippen LogP contribution in [-0.2, 0) is 19.5 Å². The van der Waals surface area contributed by atoms with Gasteiger partial charge in [-0.1, -0.05) is 0 Å². The molecular weight excluding hydrogens is 141 g/mol. The molecule has 0 unspecified atom stereocenters. The van der Waals surface area contributed by atoms with Crippen molar-refractivity contribution in [3.8, 4) is 0 Å². The van der Waals surface area contributed by atoms with E-state index in [0.29, 0.717) is 0 Å². The topological polar surface area (TPSA) is 28.7 Å². The number of rotatable bonds is 0. The van der Waals surface area contributed by atoms with E-state index in [4.69, 9.17) is 0 Å². The molecule has 0 aromatic carbocycles. The first-order valence-corrected chi connectivity index (χ1v) is 1.85. The van der Waals surface area contributed by atoms with Crippen molar-refractivity contribution in [3.05, 3.63) is 18.2 Å². The summed E-state index contributed by atoms with van der Waals surface area (Å²) in [6.07, 6.45) is 3.53. The number of imidazole rings is 1. The zero-order valence-electron chi connectivity index (χ0n) is 4.31. The molecule has 1 heterocycles. The molecule has 7 heavy (non-hydrogen) atoms. The molecule has 0 saturated heterocycles. The molecule has 1 rings (SSSR count). The Hall–Kier alpha value is -0.167. The molecule has 0 atom stereocenters. The van der Waals surface area contributed by atoms with Crippen LogP contribution in [0.4, 0.5) is 0 Å². The van der Waals surface area contributed by atoms with Gasteiger partial charge in [0.2, 0.25) is 0 Å². The van der Waals surface area contributed by atoms with E-state index in [-0.39, 0.29) is 19.5 Å². The Morgan fingerprint density at radius 2 is 2.43 bits per heavy atom. The van der Waals surface area contributed by atoms with Crippen molar-refractivity contribution in [2.45, 2.75) is 6.92 Å². The Balaban J connectivity index is 0.000000360. The average Bonchev–Trinajstić information content (AvgIpc) is 1.86. The third-order valence-corrected chi connectivity index (χ3v) is 0.635. The van der Waals surface area contributed by atoms with Gasteiger partial charge in [0.15, 0.2) is 0 Å². The smallest absolute Gasteiger partial charge is 0.349 e. The first-order chi connectivity index (χ1) is 2.89. The molecule has 0 fully saturated rings. The van der Waals surface area contributed by atoms with E-state index in [9.17, 15) is 0 Å². The average molecular weight is 147 g/mol. The van der Waals surface area contributed by atoms with Crippen molar-refractivity contribution in [1.29, 1.82) is 0 Å². The van der Waals surface area contributed by atoms with Gasteiger partial charge in [-0.15, -0.1) is 0 Å². The van der Waals surface area contributed by atoms with Gasteiger partial charge in [-0.2, -0.15) is 0 Å². The van der Waals surface area contributed by atoms with Crippen LogP contribution in [0.15, 0.2) is 12.4 Å². The first kappa shape index (κ1) is 6.83. The van der Waals surface area contributed by atoms with Crippen molar-refractivity contribution in [2.24, 2.45) is 0 Å². The van der Waals surface area contributed by atoms with Crippen LogP contribution in [0.3, 0.4) is 0 Å². The standard InChI is InChI=1S/C4H6N2.Zn/c1-4-5-2-3-6-4;/h2-3H,1H3,(H,5,6);/q;+2. The molecule has 0 amide bonds. The van der Waals surface area contributed by atoms with Gasteiger partial charge in [0.25, 0.3) is 0 Å². The third-order valence-electron chi connectivity index (χ3n) is 0.635. The predicted octanol–water partition coefficient (Wildman–Crippen LogP) is 0.716. The maximum Gasteiger partial charge on any atom is 2.00 e. The van der Waals surface area contributed by atoms with Gasteiger partial charge >= 0.3 is 19.5 Å². The van der Waals surface area contributed by atoms with Gasteiger partial charge in [-0.05, 0) is 6.92 Å². The monoisotopic (exact) mass is 146 g/mol. The molecule has 1 aromatic rings. The van der Waals surface area contributed by atoms with E-state index in [0.717, 1.165) is 5.82 Å². The molecule has 0 bridgehead atoms. The summed E-state index contributed by atoms with van der Waals surface area (Å²) in [6, 6.07) is 0. The summed E-state index contributed by atoms with van der Waals surface area (Å²) in [6.45, 7) is 1.92. The van der Waals surface area contributed by atoms with Crippen LogP contribution in [-0.4, -0.2) is 9.97 Å². The number of nitrogens with one attached hydrogen (secondary N) is 1. The minimum absolute atomic E-state index is 0.